The van der Waals surface area contributed by atoms with E-state index in [4.69, 9.17) is 0 Å². The first-order chi connectivity index (χ1) is 8.36. The fraction of sp³-hybridized carbons (Fsp3) is 0.385. The maximum absolute atomic E-state index is 4.27. The first-order valence-corrected chi connectivity index (χ1v) is 5.87. The summed E-state index contributed by atoms with van der Waals surface area (Å²) < 4.78 is 0. The van der Waals surface area contributed by atoms with Crippen LogP contribution in [-0.4, -0.2) is 19.9 Å². The van der Waals surface area contributed by atoms with Gasteiger partial charge in [-0.15, -0.1) is 0 Å². The van der Waals surface area contributed by atoms with Gasteiger partial charge >= 0.3 is 0 Å². The molecular weight excluding hydrogens is 212 g/mol. The third-order valence-corrected chi connectivity index (χ3v) is 2.74. The standard InChI is InChI=1S/C13H16N4/c1-11(13-16-6-3-7-17-13)4-2-5-12-8-14-10-15-9-12/h3,6-11H,2,4-5H2,1H3. The summed E-state index contributed by atoms with van der Waals surface area (Å²) in [6.07, 6.45) is 12.1. The molecule has 88 valence electrons. The smallest absolute Gasteiger partial charge is 0.130 e. The number of nitrogens with zero attached hydrogens (tertiary/aromatic N) is 4. The summed E-state index contributed by atoms with van der Waals surface area (Å²) in [5.74, 6) is 1.33. The van der Waals surface area contributed by atoms with Gasteiger partial charge in [0.05, 0.1) is 0 Å². The molecule has 0 aromatic carbocycles. The van der Waals surface area contributed by atoms with Crippen LogP contribution in [0.2, 0.25) is 0 Å². The molecule has 0 bridgehead atoms. The Balaban J connectivity index is 1.79. The van der Waals surface area contributed by atoms with E-state index in [9.17, 15) is 0 Å². The number of hydrogen-bond donors (Lipinski definition) is 0. The second-order valence-electron chi connectivity index (χ2n) is 4.15. The van der Waals surface area contributed by atoms with Crippen LogP contribution >= 0.6 is 0 Å². The highest BCUT2D eigenvalue weighted by atomic mass is 14.9. The third-order valence-electron chi connectivity index (χ3n) is 2.74. The Morgan fingerprint density at radius 3 is 2.53 bits per heavy atom. The highest BCUT2D eigenvalue weighted by Gasteiger charge is 2.07. The molecule has 0 radical (unpaired) electrons. The molecule has 0 amide bonds. The van der Waals surface area contributed by atoms with Crippen molar-refractivity contribution in [3.05, 3.63) is 48.6 Å². The van der Waals surface area contributed by atoms with Crippen LogP contribution in [0.25, 0.3) is 0 Å². The third kappa shape index (κ3) is 3.59. The molecule has 2 aromatic rings. The van der Waals surface area contributed by atoms with Crippen molar-refractivity contribution < 1.29 is 0 Å². The Bertz CT molecular complexity index is 430. The Morgan fingerprint density at radius 1 is 1.12 bits per heavy atom. The molecule has 2 rings (SSSR count). The van der Waals surface area contributed by atoms with Crippen LogP contribution in [0.15, 0.2) is 37.2 Å². The molecule has 0 saturated carbocycles. The molecule has 0 spiro atoms. The highest BCUT2D eigenvalue weighted by molar-refractivity contribution is 5.02. The molecular formula is C13H16N4. The van der Waals surface area contributed by atoms with Gasteiger partial charge in [-0.1, -0.05) is 6.92 Å². The monoisotopic (exact) mass is 228 g/mol. The van der Waals surface area contributed by atoms with Crippen molar-refractivity contribution in [2.75, 3.05) is 0 Å². The maximum atomic E-state index is 4.27. The lowest BCUT2D eigenvalue weighted by Crippen LogP contribution is -2.00. The SMILES string of the molecule is CC(CCCc1cncnc1)c1ncccn1. The van der Waals surface area contributed by atoms with Crippen LogP contribution in [0.1, 0.15) is 37.1 Å². The van der Waals surface area contributed by atoms with E-state index in [1.807, 2.05) is 18.5 Å². The van der Waals surface area contributed by atoms with Crippen molar-refractivity contribution >= 4 is 0 Å². The quantitative estimate of drug-likeness (QED) is 0.788. The molecule has 0 saturated heterocycles. The minimum absolute atomic E-state index is 0.404. The molecule has 0 aliphatic carbocycles. The van der Waals surface area contributed by atoms with Crippen molar-refractivity contribution in [1.82, 2.24) is 19.9 Å². The normalized spacial score (nSPS) is 12.3. The topological polar surface area (TPSA) is 51.6 Å². The molecule has 1 unspecified atom stereocenters. The molecule has 1 atom stereocenters. The largest absolute Gasteiger partial charge is 0.245 e. The van der Waals surface area contributed by atoms with Gasteiger partial charge in [0.25, 0.3) is 0 Å². The molecule has 2 aromatic heterocycles. The van der Waals surface area contributed by atoms with Crippen molar-refractivity contribution in [2.24, 2.45) is 0 Å². The van der Waals surface area contributed by atoms with Crippen LogP contribution in [0.3, 0.4) is 0 Å². The summed E-state index contributed by atoms with van der Waals surface area (Å²) >= 11 is 0. The zero-order valence-corrected chi connectivity index (χ0v) is 9.95. The Morgan fingerprint density at radius 2 is 1.82 bits per heavy atom. The van der Waals surface area contributed by atoms with E-state index in [0.29, 0.717) is 5.92 Å². The average molecular weight is 228 g/mol. The Hall–Kier alpha value is -1.84. The van der Waals surface area contributed by atoms with Crippen LogP contribution in [0.4, 0.5) is 0 Å². The molecule has 17 heavy (non-hydrogen) atoms. The van der Waals surface area contributed by atoms with Crippen molar-refractivity contribution in [1.29, 1.82) is 0 Å². The minimum Gasteiger partial charge on any atom is -0.245 e. The molecule has 0 aliphatic heterocycles. The predicted molar refractivity (Wildman–Crippen MR) is 65.4 cm³/mol. The van der Waals surface area contributed by atoms with Gasteiger partial charge in [-0.05, 0) is 30.9 Å². The van der Waals surface area contributed by atoms with Crippen LogP contribution < -0.4 is 0 Å². The summed E-state index contributed by atoms with van der Waals surface area (Å²) in [6.45, 7) is 2.16. The van der Waals surface area contributed by atoms with E-state index in [2.05, 4.69) is 26.9 Å². The number of hydrogen-bond acceptors (Lipinski definition) is 4. The molecule has 0 aliphatic rings. The fourth-order valence-corrected chi connectivity index (χ4v) is 1.77. The van der Waals surface area contributed by atoms with Gasteiger partial charge in [0.15, 0.2) is 0 Å². The van der Waals surface area contributed by atoms with E-state index in [1.165, 1.54) is 5.56 Å². The summed E-state index contributed by atoms with van der Waals surface area (Å²) in [6, 6.07) is 1.84. The van der Waals surface area contributed by atoms with Gasteiger partial charge in [-0.3, -0.25) is 0 Å². The zero-order chi connectivity index (χ0) is 11.9. The molecule has 4 nitrogen and oxygen atoms in total. The van der Waals surface area contributed by atoms with Gasteiger partial charge in [-0.2, -0.15) is 0 Å². The molecule has 0 fully saturated rings. The van der Waals surface area contributed by atoms with E-state index in [-0.39, 0.29) is 0 Å². The Labute approximate surface area is 101 Å². The van der Waals surface area contributed by atoms with E-state index in [0.717, 1.165) is 25.1 Å². The average Bonchev–Trinajstić information content (AvgIpc) is 2.41. The Kier molecular flexibility index (Phi) is 4.13. The second-order valence-corrected chi connectivity index (χ2v) is 4.15. The van der Waals surface area contributed by atoms with Gasteiger partial charge in [0, 0.05) is 30.7 Å². The lowest BCUT2D eigenvalue weighted by atomic mass is 10.0. The van der Waals surface area contributed by atoms with Crippen molar-refractivity contribution in [2.45, 2.75) is 32.1 Å². The lowest BCUT2D eigenvalue weighted by molar-refractivity contribution is 0.601. The highest BCUT2D eigenvalue weighted by Crippen LogP contribution is 2.17. The van der Waals surface area contributed by atoms with E-state index >= 15 is 0 Å². The fourth-order valence-electron chi connectivity index (χ4n) is 1.77. The van der Waals surface area contributed by atoms with Crippen LogP contribution in [-0.2, 0) is 6.42 Å². The van der Waals surface area contributed by atoms with Gasteiger partial charge in [0.2, 0.25) is 0 Å². The second kappa shape index (κ2) is 6.03. The van der Waals surface area contributed by atoms with Gasteiger partial charge in [-0.25, -0.2) is 19.9 Å². The van der Waals surface area contributed by atoms with Crippen LogP contribution in [0.5, 0.6) is 0 Å². The first-order valence-electron chi connectivity index (χ1n) is 5.87. The zero-order valence-electron chi connectivity index (χ0n) is 9.95. The number of aryl methyl sites for hydroxylation is 1. The minimum atomic E-state index is 0.404. The van der Waals surface area contributed by atoms with E-state index in [1.54, 1.807) is 18.7 Å². The first kappa shape index (κ1) is 11.6. The van der Waals surface area contributed by atoms with Gasteiger partial charge < -0.3 is 0 Å². The maximum Gasteiger partial charge on any atom is 0.130 e. The lowest BCUT2D eigenvalue weighted by Gasteiger charge is -2.08. The van der Waals surface area contributed by atoms with Gasteiger partial charge in [0.1, 0.15) is 12.2 Å². The summed E-state index contributed by atoms with van der Waals surface area (Å²) in [7, 11) is 0. The number of rotatable bonds is 5. The molecule has 0 N–H and O–H groups in total. The predicted octanol–water partition coefficient (Wildman–Crippen LogP) is 2.39. The summed E-state index contributed by atoms with van der Waals surface area (Å²) in [4.78, 5) is 16.5. The number of aromatic nitrogens is 4. The van der Waals surface area contributed by atoms with Crippen LogP contribution in [0, 0.1) is 0 Å². The van der Waals surface area contributed by atoms with Crippen molar-refractivity contribution in [3.8, 4) is 0 Å². The molecule has 2 heterocycles. The summed E-state index contributed by atoms with van der Waals surface area (Å²) in [5.41, 5.74) is 1.19. The van der Waals surface area contributed by atoms with E-state index < -0.39 is 0 Å². The molecule has 4 heteroatoms. The summed E-state index contributed by atoms with van der Waals surface area (Å²) in [5, 5.41) is 0. The van der Waals surface area contributed by atoms with Crippen molar-refractivity contribution in [3.63, 3.8) is 0 Å².